The molecule has 52 heavy (non-hydrogen) atoms. The van der Waals surface area contributed by atoms with E-state index in [4.69, 9.17) is 54.1 Å². The number of esters is 4. The fourth-order valence-corrected chi connectivity index (χ4v) is 5.29. The second kappa shape index (κ2) is 31.7. The highest BCUT2D eigenvalue weighted by Gasteiger charge is 2.22. The minimum atomic E-state index is -0.326. The van der Waals surface area contributed by atoms with Gasteiger partial charge in [-0.1, -0.05) is 0 Å². The summed E-state index contributed by atoms with van der Waals surface area (Å²) in [6.07, 6.45) is 28.5. The Hall–Kier alpha value is -4.04. The van der Waals surface area contributed by atoms with Crippen molar-refractivity contribution in [3.63, 3.8) is 0 Å². The van der Waals surface area contributed by atoms with E-state index < -0.39 is 0 Å². The maximum absolute atomic E-state index is 12.1. The van der Waals surface area contributed by atoms with Crippen molar-refractivity contribution in [1.82, 2.24) is 9.80 Å². The van der Waals surface area contributed by atoms with Crippen molar-refractivity contribution in [2.75, 3.05) is 78.9 Å². The van der Waals surface area contributed by atoms with Gasteiger partial charge in [0.2, 0.25) is 0 Å². The lowest BCUT2D eigenvalue weighted by atomic mass is 9.95. The zero-order valence-corrected chi connectivity index (χ0v) is 30.8. The molecule has 0 N–H and O–H groups in total. The molecule has 1 aliphatic rings. The zero-order valence-electron chi connectivity index (χ0n) is 30.8. The first-order chi connectivity index (χ1) is 25.3. The van der Waals surface area contributed by atoms with E-state index in [-0.39, 0.29) is 88.2 Å². The predicted octanol–water partition coefficient (Wildman–Crippen LogP) is 3.54. The molecule has 1 saturated carbocycles. The number of nitrogens with zero attached hydrogens (tertiary/aromatic N) is 2. The number of carbonyl (C=O) groups is 4. The van der Waals surface area contributed by atoms with Crippen molar-refractivity contribution in [3.05, 3.63) is 0 Å². The first-order valence-corrected chi connectivity index (χ1v) is 18.3. The van der Waals surface area contributed by atoms with E-state index in [1.165, 1.54) is 0 Å². The van der Waals surface area contributed by atoms with E-state index in [0.717, 1.165) is 38.5 Å². The smallest absolute Gasteiger partial charge is 0.307 e. The van der Waals surface area contributed by atoms with Crippen LogP contribution in [0.5, 0.6) is 0 Å². The molecule has 0 saturated heterocycles. The first kappa shape index (κ1) is 46.0. The van der Waals surface area contributed by atoms with Gasteiger partial charge in [0.05, 0.1) is 37.9 Å². The number of rotatable bonds is 30. The van der Waals surface area contributed by atoms with E-state index in [0.29, 0.717) is 78.2 Å². The fourth-order valence-electron chi connectivity index (χ4n) is 5.29. The van der Waals surface area contributed by atoms with E-state index in [2.05, 4.69) is 23.7 Å². The SMILES string of the molecule is C#CCCOC(=O)CCN(CCCO[C@H]1CC[C@H](OCCCN(CCC(=O)OCCC#C)CCC(=O)OCCC#C)CC1)CCC(=O)OCCC#C. The standard InChI is InChI=1S/C40H58N2O10/c1-5-9-29-49-37(43)19-25-41(26-20-38(44)50-30-10-6-2)23-13-33-47-35-15-17-36(18-16-35)48-34-14-24-42(27-21-39(45)51-31-11-7-3)28-22-40(46)52-32-12-8-4/h1-4,35-36H,9-34H2/t35-,36-. The van der Waals surface area contributed by atoms with Gasteiger partial charge in [0.1, 0.15) is 26.4 Å². The Morgan fingerprint density at radius 1 is 0.442 bits per heavy atom. The van der Waals surface area contributed by atoms with E-state index in [1.807, 2.05) is 9.80 Å². The molecule has 12 nitrogen and oxygen atoms in total. The van der Waals surface area contributed by atoms with Gasteiger partial charge in [-0.05, 0) is 38.5 Å². The molecule has 0 unspecified atom stereocenters. The van der Waals surface area contributed by atoms with Crippen LogP contribution in [0.1, 0.15) is 89.9 Å². The van der Waals surface area contributed by atoms with Crippen LogP contribution in [0.15, 0.2) is 0 Å². The van der Waals surface area contributed by atoms with Gasteiger partial charge in [-0.15, -0.1) is 49.4 Å². The highest BCUT2D eigenvalue weighted by atomic mass is 16.5. The van der Waals surface area contributed by atoms with Gasteiger partial charge in [-0.25, -0.2) is 0 Å². The third-order valence-electron chi connectivity index (χ3n) is 8.13. The molecule has 0 amide bonds. The lowest BCUT2D eigenvalue weighted by molar-refractivity contribution is -0.145. The van der Waals surface area contributed by atoms with Crippen LogP contribution in [0.2, 0.25) is 0 Å². The molecule has 0 atom stereocenters. The average Bonchev–Trinajstić information content (AvgIpc) is 3.14. The van der Waals surface area contributed by atoms with Crippen molar-refractivity contribution < 1.29 is 47.6 Å². The highest BCUT2D eigenvalue weighted by molar-refractivity contribution is 5.71. The van der Waals surface area contributed by atoms with E-state index in [9.17, 15) is 19.2 Å². The molecule has 0 aromatic heterocycles. The Morgan fingerprint density at radius 2 is 0.712 bits per heavy atom. The third kappa shape index (κ3) is 25.8. The van der Waals surface area contributed by atoms with Crippen molar-refractivity contribution in [1.29, 1.82) is 0 Å². The molecular weight excluding hydrogens is 668 g/mol. The number of ether oxygens (including phenoxy) is 6. The van der Waals surface area contributed by atoms with Crippen LogP contribution in [0.4, 0.5) is 0 Å². The Morgan fingerprint density at radius 3 is 0.962 bits per heavy atom. The van der Waals surface area contributed by atoms with Crippen LogP contribution in [0.25, 0.3) is 0 Å². The molecule has 1 fully saturated rings. The van der Waals surface area contributed by atoms with Crippen LogP contribution in [0.3, 0.4) is 0 Å². The molecule has 12 heteroatoms. The molecule has 0 aliphatic heterocycles. The maximum atomic E-state index is 12.1. The number of hydrogen-bond donors (Lipinski definition) is 0. The zero-order chi connectivity index (χ0) is 38.1. The predicted molar refractivity (Wildman–Crippen MR) is 196 cm³/mol. The first-order valence-electron chi connectivity index (χ1n) is 18.3. The summed E-state index contributed by atoms with van der Waals surface area (Å²) in [7, 11) is 0. The molecule has 0 heterocycles. The molecule has 1 rings (SSSR count). The number of carbonyl (C=O) groups excluding carboxylic acids is 4. The molecule has 288 valence electrons. The summed E-state index contributed by atoms with van der Waals surface area (Å²) in [5.74, 6) is 8.46. The average molecular weight is 727 g/mol. The minimum Gasteiger partial charge on any atom is -0.465 e. The molecule has 0 aromatic carbocycles. The summed E-state index contributed by atoms with van der Waals surface area (Å²) in [4.78, 5) is 52.4. The Balaban J connectivity index is 2.39. The number of terminal acetylenes is 4. The molecular formula is C40H58N2O10. The van der Waals surface area contributed by atoms with Crippen LogP contribution < -0.4 is 0 Å². The maximum Gasteiger partial charge on any atom is 0.307 e. The lowest BCUT2D eigenvalue weighted by Gasteiger charge is -2.29. The quantitative estimate of drug-likeness (QED) is 0.0465. The molecule has 0 spiro atoms. The van der Waals surface area contributed by atoms with Crippen LogP contribution >= 0.6 is 0 Å². The van der Waals surface area contributed by atoms with Crippen LogP contribution in [0, 0.1) is 49.4 Å². The van der Waals surface area contributed by atoms with Crippen molar-refractivity contribution in [3.8, 4) is 49.4 Å². The van der Waals surface area contributed by atoms with Gasteiger partial charge >= 0.3 is 23.9 Å². The molecule has 1 aliphatic carbocycles. The van der Waals surface area contributed by atoms with Gasteiger partial charge in [-0.3, -0.25) is 19.2 Å². The summed E-state index contributed by atoms with van der Waals surface area (Å²) < 4.78 is 32.9. The summed E-state index contributed by atoms with van der Waals surface area (Å²) in [6, 6.07) is 0. The van der Waals surface area contributed by atoms with Crippen molar-refractivity contribution in [2.45, 2.75) is 102 Å². The Kier molecular flexibility index (Phi) is 28.0. The molecule has 0 bridgehead atoms. The monoisotopic (exact) mass is 726 g/mol. The van der Waals surface area contributed by atoms with Gasteiger partial charge in [0.25, 0.3) is 0 Å². The van der Waals surface area contributed by atoms with Gasteiger partial charge in [0.15, 0.2) is 0 Å². The second-order valence-electron chi connectivity index (χ2n) is 12.2. The summed E-state index contributed by atoms with van der Waals surface area (Å²) in [5.41, 5.74) is 0. The fraction of sp³-hybridized carbons (Fsp3) is 0.700. The van der Waals surface area contributed by atoms with Crippen LogP contribution in [-0.2, 0) is 47.6 Å². The van der Waals surface area contributed by atoms with Crippen molar-refractivity contribution in [2.24, 2.45) is 0 Å². The second-order valence-corrected chi connectivity index (χ2v) is 12.2. The Labute approximate surface area is 311 Å². The number of hydrogen-bond acceptors (Lipinski definition) is 12. The third-order valence-corrected chi connectivity index (χ3v) is 8.13. The van der Waals surface area contributed by atoms with Gasteiger partial charge in [-0.2, -0.15) is 0 Å². The largest absolute Gasteiger partial charge is 0.465 e. The summed E-state index contributed by atoms with van der Waals surface area (Å²) in [6.45, 7) is 5.02. The summed E-state index contributed by atoms with van der Waals surface area (Å²) >= 11 is 0. The molecule has 0 aromatic rings. The highest BCUT2D eigenvalue weighted by Crippen LogP contribution is 2.24. The lowest BCUT2D eigenvalue weighted by Crippen LogP contribution is -2.32. The van der Waals surface area contributed by atoms with E-state index >= 15 is 0 Å². The molecule has 0 radical (unpaired) electrons. The topological polar surface area (TPSA) is 130 Å². The minimum absolute atomic E-state index is 0.154. The normalized spacial score (nSPS) is 15.1. The van der Waals surface area contributed by atoms with E-state index in [1.54, 1.807) is 0 Å². The Bertz CT molecular complexity index is 1020. The summed E-state index contributed by atoms with van der Waals surface area (Å²) in [5, 5.41) is 0. The van der Waals surface area contributed by atoms with Gasteiger partial charge < -0.3 is 38.2 Å². The van der Waals surface area contributed by atoms with Crippen LogP contribution in [-0.4, -0.2) is 125 Å². The van der Waals surface area contributed by atoms with Gasteiger partial charge in [0, 0.05) is 78.2 Å². The van der Waals surface area contributed by atoms with Crippen molar-refractivity contribution >= 4 is 23.9 Å².